The first-order valence-electron chi connectivity index (χ1n) is 5.62. The van der Waals surface area contributed by atoms with Crippen molar-refractivity contribution in [3.8, 4) is 5.75 Å². The first-order chi connectivity index (χ1) is 8.11. The predicted molar refractivity (Wildman–Crippen MR) is 65.7 cm³/mol. The van der Waals surface area contributed by atoms with Gasteiger partial charge in [0.2, 0.25) is 0 Å². The molecule has 0 spiro atoms. The Labute approximate surface area is 102 Å². The van der Waals surface area contributed by atoms with Crippen molar-refractivity contribution >= 4 is 5.97 Å². The summed E-state index contributed by atoms with van der Waals surface area (Å²) in [6.07, 6.45) is 2.38. The summed E-state index contributed by atoms with van der Waals surface area (Å²) in [5.74, 6) is -0.0522. The van der Waals surface area contributed by atoms with E-state index >= 15 is 0 Å². The Morgan fingerprint density at radius 2 is 2.29 bits per heavy atom. The quantitative estimate of drug-likeness (QED) is 0.467. The number of phenolic OH excluding ortho intramolecular Hbond substituents is 1. The lowest BCUT2D eigenvalue weighted by atomic mass is 10.1. The lowest BCUT2D eigenvalue weighted by Gasteiger charge is -2.05. The minimum absolute atomic E-state index is 0.294. The zero-order chi connectivity index (χ0) is 12.7. The maximum atomic E-state index is 11.1. The van der Waals surface area contributed by atoms with Gasteiger partial charge in [0.1, 0.15) is 5.75 Å². The molecule has 0 fully saturated rings. The van der Waals surface area contributed by atoms with Crippen LogP contribution < -0.4 is 0 Å². The number of carbonyl (C=O) groups is 1. The van der Waals surface area contributed by atoms with Crippen molar-refractivity contribution in [3.63, 3.8) is 0 Å². The molecule has 0 saturated carbocycles. The van der Waals surface area contributed by atoms with E-state index in [1.165, 1.54) is 0 Å². The van der Waals surface area contributed by atoms with Gasteiger partial charge in [0, 0.05) is 5.57 Å². The second kappa shape index (κ2) is 6.74. The smallest absolute Gasteiger partial charge is 0.333 e. The average molecular weight is 233 g/mol. The topological polar surface area (TPSA) is 46.5 Å². The van der Waals surface area contributed by atoms with E-state index in [-0.39, 0.29) is 5.97 Å². The van der Waals surface area contributed by atoms with Crippen LogP contribution in [-0.2, 0) is 16.0 Å². The maximum absolute atomic E-state index is 11.1. The van der Waals surface area contributed by atoms with E-state index in [0.717, 1.165) is 24.8 Å². The van der Waals surface area contributed by atoms with Gasteiger partial charge >= 0.3 is 5.97 Å². The van der Waals surface area contributed by atoms with Crippen LogP contribution in [0.1, 0.15) is 25.3 Å². The van der Waals surface area contributed by atoms with Crippen LogP contribution in [0.25, 0.3) is 0 Å². The standard InChI is InChI=1S/C14H17O3/c1-11(2)14(16)17-10-6-5-8-12-7-3-4-9-13(12)15/h4,7,9,15H,1,5-6,8,10H2,2H3. The Bertz CT molecular complexity index is 396. The van der Waals surface area contributed by atoms with Gasteiger partial charge in [-0.25, -0.2) is 4.79 Å². The number of unbranched alkanes of at least 4 members (excludes halogenated alkanes) is 1. The second-order valence-corrected chi connectivity index (χ2v) is 3.93. The molecule has 17 heavy (non-hydrogen) atoms. The molecule has 0 amide bonds. The Hall–Kier alpha value is -1.77. The molecular weight excluding hydrogens is 216 g/mol. The van der Waals surface area contributed by atoms with E-state index < -0.39 is 0 Å². The van der Waals surface area contributed by atoms with E-state index in [4.69, 9.17) is 4.74 Å². The SMILES string of the molecule is C=C(C)C(=O)OCCCCc1c[c]ccc1O. The zero-order valence-corrected chi connectivity index (χ0v) is 10.0. The molecule has 1 N–H and O–H groups in total. The molecule has 0 bridgehead atoms. The fraction of sp³-hybridized carbons (Fsp3) is 0.357. The molecule has 0 unspecified atom stereocenters. The fourth-order valence-corrected chi connectivity index (χ4v) is 1.36. The molecule has 0 aliphatic carbocycles. The summed E-state index contributed by atoms with van der Waals surface area (Å²) in [5, 5.41) is 9.51. The van der Waals surface area contributed by atoms with Gasteiger partial charge in [-0.05, 0) is 49.9 Å². The number of phenols is 1. The molecule has 3 nitrogen and oxygen atoms in total. The highest BCUT2D eigenvalue weighted by atomic mass is 16.5. The van der Waals surface area contributed by atoms with E-state index in [2.05, 4.69) is 12.6 Å². The summed E-state index contributed by atoms with van der Waals surface area (Å²) < 4.78 is 4.96. The molecule has 1 rings (SSSR count). The summed E-state index contributed by atoms with van der Waals surface area (Å²) in [6.45, 7) is 5.52. The van der Waals surface area contributed by atoms with Crippen LogP contribution >= 0.6 is 0 Å². The van der Waals surface area contributed by atoms with Crippen molar-refractivity contribution in [2.45, 2.75) is 26.2 Å². The molecule has 0 heterocycles. The first-order valence-corrected chi connectivity index (χ1v) is 5.62. The molecule has 0 aliphatic heterocycles. The van der Waals surface area contributed by atoms with Crippen molar-refractivity contribution in [2.75, 3.05) is 6.61 Å². The first kappa shape index (κ1) is 13.3. The van der Waals surface area contributed by atoms with Gasteiger partial charge in [0.25, 0.3) is 0 Å². The summed E-state index contributed by atoms with van der Waals surface area (Å²) in [6, 6.07) is 7.99. The Kier molecular flexibility index (Phi) is 5.27. The number of ether oxygens (including phenoxy) is 1. The summed E-state index contributed by atoms with van der Waals surface area (Å²) in [5.41, 5.74) is 1.29. The highest BCUT2D eigenvalue weighted by Crippen LogP contribution is 2.17. The molecule has 91 valence electrons. The lowest BCUT2D eigenvalue weighted by Crippen LogP contribution is -2.06. The number of hydrogen-bond acceptors (Lipinski definition) is 3. The van der Waals surface area contributed by atoms with Crippen LogP contribution in [0.5, 0.6) is 5.75 Å². The zero-order valence-electron chi connectivity index (χ0n) is 10.0. The summed E-state index contributed by atoms with van der Waals surface area (Å²) in [7, 11) is 0. The van der Waals surface area contributed by atoms with Crippen LogP contribution in [-0.4, -0.2) is 17.7 Å². The number of carbonyl (C=O) groups excluding carboxylic acids is 1. The maximum Gasteiger partial charge on any atom is 0.333 e. The third-order valence-corrected chi connectivity index (χ3v) is 2.35. The normalized spacial score (nSPS) is 9.94. The molecule has 0 aromatic heterocycles. The van der Waals surface area contributed by atoms with Gasteiger partial charge in [-0.2, -0.15) is 0 Å². The Morgan fingerprint density at radius 1 is 1.53 bits per heavy atom. The third-order valence-electron chi connectivity index (χ3n) is 2.35. The number of hydrogen-bond donors (Lipinski definition) is 1. The van der Waals surface area contributed by atoms with E-state index in [0.29, 0.717) is 17.9 Å². The number of rotatable bonds is 6. The van der Waals surface area contributed by atoms with Crippen LogP contribution in [0.4, 0.5) is 0 Å². The third kappa shape index (κ3) is 4.72. The highest BCUT2D eigenvalue weighted by molar-refractivity contribution is 5.86. The number of aryl methyl sites for hydroxylation is 1. The molecule has 0 atom stereocenters. The summed E-state index contributed by atoms with van der Waals surface area (Å²) >= 11 is 0. The fourth-order valence-electron chi connectivity index (χ4n) is 1.36. The molecule has 1 aromatic rings. The molecule has 0 saturated heterocycles. The number of aromatic hydroxyl groups is 1. The average Bonchev–Trinajstić information content (AvgIpc) is 2.30. The van der Waals surface area contributed by atoms with Gasteiger partial charge in [-0.1, -0.05) is 12.6 Å². The Balaban J connectivity index is 2.19. The van der Waals surface area contributed by atoms with Gasteiger partial charge < -0.3 is 9.84 Å². The summed E-state index contributed by atoms with van der Waals surface area (Å²) in [4.78, 5) is 11.1. The van der Waals surface area contributed by atoms with Gasteiger partial charge in [0.05, 0.1) is 6.61 Å². The molecule has 1 radical (unpaired) electrons. The van der Waals surface area contributed by atoms with E-state index in [1.54, 1.807) is 25.1 Å². The van der Waals surface area contributed by atoms with E-state index in [9.17, 15) is 9.90 Å². The van der Waals surface area contributed by atoms with Crippen LogP contribution in [0.2, 0.25) is 0 Å². The van der Waals surface area contributed by atoms with E-state index in [1.807, 2.05) is 0 Å². The van der Waals surface area contributed by atoms with Crippen molar-refractivity contribution in [3.05, 3.63) is 42.0 Å². The minimum atomic E-state index is -0.346. The van der Waals surface area contributed by atoms with Crippen LogP contribution in [0, 0.1) is 6.07 Å². The van der Waals surface area contributed by atoms with Crippen LogP contribution in [0.3, 0.4) is 0 Å². The largest absolute Gasteiger partial charge is 0.508 e. The monoisotopic (exact) mass is 233 g/mol. The number of benzene rings is 1. The predicted octanol–water partition coefficient (Wildman–Crippen LogP) is 2.63. The van der Waals surface area contributed by atoms with Gasteiger partial charge in [-0.3, -0.25) is 0 Å². The highest BCUT2D eigenvalue weighted by Gasteiger charge is 2.03. The molecular formula is C14H17O3. The van der Waals surface area contributed by atoms with Crippen LogP contribution in [0.15, 0.2) is 30.4 Å². The molecule has 3 heteroatoms. The van der Waals surface area contributed by atoms with Crippen molar-refractivity contribution in [2.24, 2.45) is 0 Å². The minimum Gasteiger partial charge on any atom is -0.508 e. The van der Waals surface area contributed by atoms with Gasteiger partial charge in [0.15, 0.2) is 0 Å². The van der Waals surface area contributed by atoms with Crippen molar-refractivity contribution in [1.82, 2.24) is 0 Å². The molecule has 1 aromatic carbocycles. The molecule has 0 aliphatic rings. The van der Waals surface area contributed by atoms with Crippen molar-refractivity contribution in [1.29, 1.82) is 0 Å². The second-order valence-electron chi connectivity index (χ2n) is 3.93. The van der Waals surface area contributed by atoms with Gasteiger partial charge in [-0.15, -0.1) is 0 Å². The Morgan fingerprint density at radius 3 is 2.94 bits per heavy atom. The number of esters is 1. The van der Waals surface area contributed by atoms with Crippen molar-refractivity contribution < 1.29 is 14.6 Å². The lowest BCUT2D eigenvalue weighted by molar-refractivity contribution is -0.139.